The quantitative estimate of drug-likeness (QED) is 0.886. The zero-order chi connectivity index (χ0) is 14.8. The molecule has 1 aromatic rings. The molecule has 6 heteroatoms. The number of carboxylic acids is 1. The standard InChI is InChI=1S/C14H15BrFNO3/c15-10-6-9(7-11(16)8-10)12(18)17-14(13(19)20)4-2-1-3-5-14/h6-8H,1-5H2,(H,17,18)(H,19,20). The second-order valence-corrected chi connectivity index (χ2v) is 5.98. The van der Waals surface area contributed by atoms with Crippen molar-refractivity contribution < 1.29 is 19.1 Å². The van der Waals surface area contributed by atoms with Crippen LogP contribution in [0.5, 0.6) is 0 Å². The minimum absolute atomic E-state index is 0.114. The van der Waals surface area contributed by atoms with Crippen LogP contribution < -0.4 is 5.32 Å². The maximum Gasteiger partial charge on any atom is 0.329 e. The van der Waals surface area contributed by atoms with Gasteiger partial charge in [-0.2, -0.15) is 0 Å². The Morgan fingerprint density at radius 2 is 1.85 bits per heavy atom. The summed E-state index contributed by atoms with van der Waals surface area (Å²) in [4.78, 5) is 23.6. The Kier molecular flexibility index (Phi) is 4.42. The lowest BCUT2D eigenvalue weighted by molar-refractivity contribution is -0.145. The molecule has 1 amide bonds. The summed E-state index contributed by atoms with van der Waals surface area (Å²) in [5, 5.41) is 12.0. The van der Waals surface area contributed by atoms with E-state index in [-0.39, 0.29) is 5.56 Å². The Bertz CT molecular complexity index is 521. The van der Waals surface area contributed by atoms with Crippen LogP contribution in [0.15, 0.2) is 22.7 Å². The molecule has 0 heterocycles. The molecule has 1 aliphatic carbocycles. The molecule has 0 bridgehead atoms. The van der Waals surface area contributed by atoms with Crippen molar-refractivity contribution in [2.45, 2.75) is 37.6 Å². The van der Waals surface area contributed by atoms with E-state index in [2.05, 4.69) is 21.2 Å². The van der Waals surface area contributed by atoms with Gasteiger partial charge in [-0.3, -0.25) is 4.79 Å². The lowest BCUT2D eigenvalue weighted by Crippen LogP contribution is -2.55. The number of aliphatic carboxylic acids is 1. The number of benzene rings is 1. The molecular formula is C14H15BrFNO3. The van der Waals surface area contributed by atoms with Gasteiger partial charge in [0.25, 0.3) is 5.91 Å². The first-order chi connectivity index (χ1) is 9.43. The van der Waals surface area contributed by atoms with Gasteiger partial charge >= 0.3 is 5.97 Å². The van der Waals surface area contributed by atoms with Gasteiger partial charge in [0, 0.05) is 10.0 Å². The van der Waals surface area contributed by atoms with Crippen molar-refractivity contribution in [2.75, 3.05) is 0 Å². The molecule has 4 nitrogen and oxygen atoms in total. The summed E-state index contributed by atoms with van der Waals surface area (Å²) in [7, 11) is 0. The van der Waals surface area contributed by atoms with Gasteiger partial charge < -0.3 is 10.4 Å². The van der Waals surface area contributed by atoms with Crippen LogP contribution in [0.25, 0.3) is 0 Å². The first kappa shape index (κ1) is 15.0. The molecule has 0 saturated heterocycles. The largest absolute Gasteiger partial charge is 0.480 e. The third-order valence-corrected chi connectivity index (χ3v) is 4.05. The average molecular weight is 344 g/mol. The topological polar surface area (TPSA) is 66.4 Å². The summed E-state index contributed by atoms with van der Waals surface area (Å²) in [6.07, 6.45) is 3.31. The maximum atomic E-state index is 13.3. The van der Waals surface area contributed by atoms with Crippen molar-refractivity contribution in [1.82, 2.24) is 5.32 Å². The zero-order valence-corrected chi connectivity index (χ0v) is 12.4. The smallest absolute Gasteiger partial charge is 0.329 e. The zero-order valence-electron chi connectivity index (χ0n) is 10.8. The van der Waals surface area contributed by atoms with Gasteiger partial charge in [0.1, 0.15) is 11.4 Å². The molecule has 0 unspecified atom stereocenters. The SMILES string of the molecule is O=C(NC1(C(=O)O)CCCCC1)c1cc(F)cc(Br)c1. The van der Waals surface area contributed by atoms with Gasteiger partial charge in [-0.25, -0.2) is 9.18 Å². The predicted octanol–water partition coefficient (Wildman–Crippen LogP) is 3.11. The van der Waals surface area contributed by atoms with E-state index in [1.54, 1.807) is 0 Å². The number of hydrogen-bond donors (Lipinski definition) is 2. The fraction of sp³-hybridized carbons (Fsp3) is 0.429. The van der Waals surface area contributed by atoms with Crippen LogP contribution in [0, 0.1) is 5.82 Å². The molecule has 0 radical (unpaired) electrons. The summed E-state index contributed by atoms with van der Waals surface area (Å²) >= 11 is 3.11. The van der Waals surface area contributed by atoms with Crippen molar-refractivity contribution >= 4 is 27.8 Å². The highest BCUT2D eigenvalue weighted by atomic mass is 79.9. The first-order valence-electron chi connectivity index (χ1n) is 6.45. The number of carboxylic acid groups (broad SMARTS) is 1. The normalized spacial score (nSPS) is 17.5. The molecule has 108 valence electrons. The molecule has 20 heavy (non-hydrogen) atoms. The molecule has 0 spiro atoms. The van der Waals surface area contributed by atoms with Crippen LogP contribution in [0.4, 0.5) is 4.39 Å². The number of halogens is 2. The number of hydrogen-bond acceptors (Lipinski definition) is 2. The van der Waals surface area contributed by atoms with E-state index in [4.69, 9.17) is 0 Å². The number of nitrogens with one attached hydrogen (secondary N) is 1. The molecule has 1 fully saturated rings. The van der Waals surface area contributed by atoms with E-state index in [1.807, 2.05) is 0 Å². The molecule has 2 rings (SSSR count). The third-order valence-electron chi connectivity index (χ3n) is 3.59. The van der Waals surface area contributed by atoms with Gasteiger partial charge in [0.05, 0.1) is 0 Å². The number of carbonyl (C=O) groups excluding carboxylic acids is 1. The first-order valence-corrected chi connectivity index (χ1v) is 7.24. The Morgan fingerprint density at radius 3 is 2.40 bits per heavy atom. The lowest BCUT2D eigenvalue weighted by Gasteiger charge is -2.34. The van der Waals surface area contributed by atoms with Crippen LogP contribution in [0.1, 0.15) is 42.5 Å². The average Bonchev–Trinajstić information content (AvgIpc) is 2.38. The maximum absolute atomic E-state index is 13.3. The molecule has 0 aliphatic heterocycles. The van der Waals surface area contributed by atoms with Crippen LogP contribution in [0.3, 0.4) is 0 Å². The lowest BCUT2D eigenvalue weighted by atomic mass is 9.81. The molecule has 2 N–H and O–H groups in total. The van der Waals surface area contributed by atoms with Gasteiger partial charge in [-0.05, 0) is 31.0 Å². The van der Waals surface area contributed by atoms with Crippen LogP contribution in [0.2, 0.25) is 0 Å². The molecule has 1 aliphatic rings. The van der Waals surface area contributed by atoms with Gasteiger partial charge in [-0.15, -0.1) is 0 Å². The van der Waals surface area contributed by atoms with Crippen molar-refractivity contribution in [3.05, 3.63) is 34.1 Å². The number of rotatable bonds is 3. The summed E-state index contributed by atoms with van der Waals surface area (Å²) in [6, 6.07) is 3.81. The van der Waals surface area contributed by atoms with E-state index in [9.17, 15) is 19.1 Å². The third kappa shape index (κ3) is 3.17. The minimum atomic E-state index is -1.23. The summed E-state index contributed by atoms with van der Waals surface area (Å²) in [6.45, 7) is 0. The Morgan fingerprint density at radius 1 is 1.20 bits per heavy atom. The van der Waals surface area contributed by atoms with E-state index in [0.717, 1.165) is 25.3 Å². The number of amides is 1. The minimum Gasteiger partial charge on any atom is -0.480 e. The Labute approximate surface area is 124 Å². The Hall–Kier alpha value is -1.43. The van der Waals surface area contributed by atoms with E-state index < -0.39 is 23.2 Å². The van der Waals surface area contributed by atoms with Crippen LogP contribution in [-0.4, -0.2) is 22.5 Å². The Balaban J connectivity index is 2.22. The molecule has 0 atom stereocenters. The summed E-state index contributed by atoms with van der Waals surface area (Å²) in [5.74, 6) is -2.13. The van der Waals surface area contributed by atoms with E-state index in [1.165, 1.54) is 12.1 Å². The summed E-state index contributed by atoms with van der Waals surface area (Å²) in [5.41, 5.74) is -1.11. The molecule has 1 saturated carbocycles. The van der Waals surface area contributed by atoms with Gasteiger partial charge in [0.2, 0.25) is 0 Å². The summed E-state index contributed by atoms with van der Waals surface area (Å²) < 4.78 is 13.7. The van der Waals surface area contributed by atoms with Crippen molar-refractivity contribution in [1.29, 1.82) is 0 Å². The van der Waals surface area contributed by atoms with Crippen LogP contribution in [-0.2, 0) is 4.79 Å². The van der Waals surface area contributed by atoms with E-state index in [0.29, 0.717) is 17.3 Å². The van der Waals surface area contributed by atoms with Gasteiger partial charge in [0.15, 0.2) is 0 Å². The fourth-order valence-corrected chi connectivity index (χ4v) is 2.99. The fourth-order valence-electron chi connectivity index (χ4n) is 2.52. The van der Waals surface area contributed by atoms with Gasteiger partial charge in [-0.1, -0.05) is 35.2 Å². The highest BCUT2D eigenvalue weighted by Gasteiger charge is 2.41. The van der Waals surface area contributed by atoms with Crippen LogP contribution >= 0.6 is 15.9 Å². The van der Waals surface area contributed by atoms with Crippen molar-refractivity contribution in [2.24, 2.45) is 0 Å². The highest BCUT2D eigenvalue weighted by Crippen LogP contribution is 2.29. The number of carbonyl (C=O) groups is 2. The second kappa shape index (κ2) is 5.91. The molecule has 0 aromatic heterocycles. The van der Waals surface area contributed by atoms with E-state index >= 15 is 0 Å². The highest BCUT2D eigenvalue weighted by molar-refractivity contribution is 9.10. The second-order valence-electron chi connectivity index (χ2n) is 5.06. The molecular weight excluding hydrogens is 329 g/mol. The van der Waals surface area contributed by atoms with Crippen molar-refractivity contribution in [3.8, 4) is 0 Å². The predicted molar refractivity (Wildman–Crippen MR) is 75.0 cm³/mol. The monoisotopic (exact) mass is 343 g/mol. The van der Waals surface area contributed by atoms with Crippen molar-refractivity contribution in [3.63, 3.8) is 0 Å². The molecule has 1 aromatic carbocycles.